The monoisotopic (exact) mass is 440 g/mol. The summed E-state index contributed by atoms with van der Waals surface area (Å²) in [4.78, 5) is 20.5. The Labute approximate surface area is 171 Å². The van der Waals surface area contributed by atoms with Gasteiger partial charge in [0.1, 0.15) is 22.0 Å². The Balaban J connectivity index is 1.92. The second-order valence-electron chi connectivity index (χ2n) is 5.63. The molecule has 1 N–H and O–H groups in total. The Bertz CT molecular complexity index is 1160. The first-order valence-electron chi connectivity index (χ1n) is 7.78. The number of carbonyl (C=O) groups is 1. The number of carbonyl (C=O) groups excluding carboxylic acids is 1. The van der Waals surface area contributed by atoms with Crippen molar-refractivity contribution in [3.8, 4) is 17.3 Å². The molecule has 0 saturated heterocycles. The Morgan fingerprint density at radius 3 is 2.64 bits per heavy atom. The average molecular weight is 441 g/mol. The maximum absolute atomic E-state index is 12.6. The minimum atomic E-state index is -4.25. The van der Waals surface area contributed by atoms with E-state index >= 15 is 0 Å². The van der Waals surface area contributed by atoms with Crippen LogP contribution in [-0.2, 0) is 17.1 Å². The van der Waals surface area contributed by atoms with Crippen molar-refractivity contribution in [2.24, 2.45) is 7.05 Å². The van der Waals surface area contributed by atoms with E-state index in [0.717, 1.165) is 0 Å². The maximum atomic E-state index is 12.6. The molecule has 11 heteroatoms. The van der Waals surface area contributed by atoms with Gasteiger partial charge in [0.25, 0.3) is 15.9 Å². The molecule has 0 radical (unpaired) electrons. The summed E-state index contributed by atoms with van der Waals surface area (Å²) in [5.74, 6) is -0.331. The van der Waals surface area contributed by atoms with Gasteiger partial charge in [-0.1, -0.05) is 23.2 Å². The molecule has 1 amide bonds. The van der Waals surface area contributed by atoms with Crippen LogP contribution in [0, 0.1) is 0 Å². The largest absolute Gasteiger partial charge is 0.497 e. The third-order valence-electron chi connectivity index (χ3n) is 3.73. The third kappa shape index (κ3) is 3.96. The van der Waals surface area contributed by atoms with Crippen molar-refractivity contribution in [3.05, 3.63) is 58.5 Å². The lowest BCUT2D eigenvalue weighted by Gasteiger charge is -2.09. The van der Waals surface area contributed by atoms with Crippen molar-refractivity contribution in [2.45, 2.75) is 4.90 Å². The van der Waals surface area contributed by atoms with E-state index in [0.29, 0.717) is 16.5 Å². The van der Waals surface area contributed by atoms with Crippen molar-refractivity contribution >= 4 is 39.1 Å². The fourth-order valence-corrected chi connectivity index (χ4v) is 4.07. The maximum Gasteiger partial charge on any atom is 0.285 e. The highest BCUT2D eigenvalue weighted by Gasteiger charge is 2.25. The highest BCUT2D eigenvalue weighted by atomic mass is 35.5. The molecule has 0 aliphatic carbocycles. The van der Waals surface area contributed by atoms with Gasteiger partial charge in [-0.2, -0.15) is 0 Å². The first kappa shape index (κ1) is 20.1. The molecular weight excluding hydrogens is 427 g/mol. The van der Waals surface area contributed by atoms with Gasteiger partial charge in [-0.05, 0) is 24.3 Å². The van der Waals surface area contributed by atoms with Crippen molar-refractivity contribution < 1.29 is 17.9 Å². The number of sulfonamides is 1. The predicted octanol–water partition coefficient (Wildman–Crippen LogP) is 2.92. The van der Waals surface area contributed by atoms with Crippen molar-refractivity contribution in [2.75, 3.05) is 7.11 Å². The van der Waals surface area contributed by atoms with Gasteiger partial charge in [0.05, 0.1) is 17.2 Å². The summed E-state index contributed by atoms with van der Waals surface area (Å²) in [5, 5.41) is 0.294. The van der Waals surface area contributed by atoms with Crippen molar-refractivity contribution in [3.63, 3.8) is 0 Å². The van der Waals surface area contributed by atoms with Crippen LogP contribution in [0.2, 0.25) is 10.0 Å². The molecule has 0 aliphatic heterocycles. The molecule has 0 atom stereocenters. The molecule has 28 heavy (non-hydrogen) atoms. The summed E-state index contributed by atoms with van der Waals surface area (Å²) in [6.07, 6.45) is 2.91. The standard InChI is InChI=1S/C17H14Cl2N4O4S/c1-23-9-13(21-16(23)15-12(19)4-3-7-20-15)17(24)22-28(25,26)14-8-10(27-2)5-6-11(14)18/h3-9H,1-2H3,(H,22,24). The first-order chi connectivity index (χ1) is 13.2. The van der Waals surface area contributed by atoms with Crippen molar-refractivity contribution in [1.82, 2.24) is 19.3 Å². The lowest BCUT2D eigenvalue weighted by atomic mass is 10.3. The zero-order chi connectivity index (χ0) is 20.5. The fraction of sp³-hybridized carbons (Fsp3) is 0.118. The molecule has 0 aliphatic rings. The average Bonchev–Trinajstić information content (AvgIpc) is 3.04. The zero-order valence-corrected chi connectivity index (χ0v) is 17.0. The summed E-state index contributed by atoms with van der Waals surface area (Å²) in [7, 11) is -1.23. The number of amides is 1. The summed E-state index contributed by atoms with van der Waals surface area (Å²) in [5.41, 5.74) is 0.242. The Morgan fingerprint density at radius 2 is 1.96 bits per heavy atom. The molecule has 1 aromatic carbocycles. The van der Waals surface area contributed by atoms with E-state index in [1.54, 1.807) is 19.2 Å². The van der Waals surface area contributed by atoms with Gasteiger partial charge < -0.3 is 9.30 Å². The SMILES string of the molecule is COc1ccc(Cl)c(S(=O)(=O)NC(=O)c2cn(C)c(-c3ncccc3Cl)n2)c1. The predicted molar refractivity (Wildman–Crippen MR) is 104 cm³/mol. The number of ether oxygens (including phenoxy) is 1. The van der Waals surface area contributed by atoms with Gasteiger partial charge in [-0.15, -0.1) is 0 Å². The molecule has 2 heterocycles. The van der Waals surface area contributed by atoms with Crippen LogP contribution in [0.1, 0.15) is 10.5 Å². The number of rotatable bonds is 5. The van der Waals surface area contributed by atoms with E-state index in [2.05, 4.69) is 9.97 Å². The molecular formula is C17H14Cl2N4O4S. The third-order valence-corrected chi connectivity index (χ3v) is 5.85. The molecule has 2 aromatic heterocycles. The Morgan fingerprint density at radius 1 is 1.21 bits per heavy atom. The second-order valence-corrected chi connectivity index (χ2v) is 8.09. The quantitative estimate of drug-likeness (QED) is 0.653. The number of methoxy groups -OCH3 is 1. The molecule has 0 saturated carbocycles. The number of pyridine rings is 1. The second kappa shape index (κ2) is 7.78. The zero-order valence-electron chi connectivity index (χ0n) is 14.7. The van der Waals surface area contributed by atoms with Crippen LogP contribution in [0.5, 0.6) is 5.75 Å². The van der Waals surface area contributed by atoms with Gasteiger partial charge in [0.2, 0.25) is 0 Å². The minimum Gasteiger partial charge on any atom is -0.497 e. The van der Waals surface area contributed by atoms with Crippen LogP contribution in [0.25, 0.3) is 11.5 Å². The molecule has 3 aromatic rings. The number of hydrogen-bond donors (Lipinski definition) is 1. The summed E-state index contributed by atoms with van der Waals surface area (Å²) in [6, 6.07) is 7.38. The number of imidazole rings is 1. The number of aromatic nitrogens is 3. The van der Waals surface area contributed by atoms with Crippen LogP contribution >= 0.6 is 23.2 Å². The number of halogens is 2. The van der Waals surface area contributed by atoms with E-state index in [-0.39, 0.29) is 21.4 Å². The number of aryl methyl sites for hydroxylation is 1. The number of hydrogen-bond acceptors (Lipinski definition) is 6. The molecule has 0 spiro atoms. The molecule has 146 valence electrons. The lowest BCUT2D eigenvalue weighted by Crippen LogP contribution is -2.31. The van der Waals surface area contributed by atoms with E-state index in [1.165, 1.54) is 42.3 Å². The molecule has 3 rings (SSSR count). The Hall–Kier alpha value is -2.62. The smallest absolute Gasteiger partial charge is 0.285 e. The number of nitrogens with one attached hydrogen (secondary N) is 1. The molecule has 0 bridgehead atoms. The lowest BCUT2D eigenvalue weighted by molar-refractivity contribution is 0.0977. The van der Waals surface area contributed by atoms with Crippen LogP contribution in [0.15, 0.2) is 47.6 Å². The van der Waals surface area contributed by atoms with Gasteiger partial charge in [0.15, 0.2) is 5.82 Å². The number of benzene rings is 1. The van der Waals surface area contributed by atoms with Gasteiger partial charge in [0, 0.05) is 25.5 Å². The van der Waals surface area contributed by atoms with Crippen LogP contribution < -0.4 is 9.46 Å². The van der Waals surface area contributed by atoms with Crippen LogP contribution in [-0.4, -0.2) is 36.0 Å². The summed E-state index contributed by atoms with van der Waals surface area (Å²) in [6.45, 7) is 0. The summed E-state index contributed by atoms with van der Waals surface area (Å²) >= 11 is 12.1. The number of nitrogens with zero attached hydrogens (tertiary/aromatic N) is 3. The van der Waals surface area contributed by atoms with E-state index in [4.69, 9.17) is 27.9 Å². The van der Waals surface area contributed by atoms with Crippen molar-refractivity contribution in [1.29, 1.82) is 0 Å². The fourth-order valence-electron chi connectivity index (χ4n) is 2.39. The van der Waals surface area contributed by atoms with Crippen LogP contribution in [0.3, 0.4) is 0 Å². The molecule has 8 nitrogen and oxygen atoms in total. The van der Waals surface area contributed by atoms with E-state index in [9.17, 15) is 13.2 Å². The van der Waals surface area contributed by atoms with Gasteiger partial charge >= 0.3 is 0 Å². The Kier molecular flexibility index (Phi) is 5.59. The minimum absolute atomic E-state index is 0.0527. The summed E-state index contributed by atoms with van der Waals surface area (Å²) < 4.78 is 33.6. The van der Waals surface area contributed by atoms with Gasteiger partial charge in [-0.3, -0.25) is 9.78 Å². The van der Waals surface area contributed by atoms with E-state index in [1.807, 2.05) is 4.72 Å². The highest BCUT2D eigenvalue weighted by molar-refractivity contribution is 7.90. The highest BCUT2D eigenvalue weighted by Crippen LogP contribution is 2.27. The van der Waals surface area contributed by atoms with Crippen LogP contribution in [0.4, 0.5) is 0 Å². The molecule has 0 unspecified atom stereocenters. The van der Waals surface area contributed by atoms with Gasteiger partial charge in [-0.25, -0.2) is 18.1 Å². The first-order valence-corrected chi connectivity index (χ1v) is 10.0. The van der Waals surface area contributed by atoms with E-state index < -0.39 is 15.9 Å². The topological polar surface area (TPSA) is 103 Å². The molecule has 0 fully saturated rings. The normalized spacial score (nSPS) is 11.3.